The maximum absolute atomic E-state index is 12.0. The maximum Gasteiger partial charge on any atom is 0.245 e. The monoisotopic (exact) mass is 240 g/mol. The molecule has 2 heterocycles. The summed E-state index contributed by atoms with van der Waals surface area (Å²) in [6.45, 7) is 2.76. The summed E-state index contributed by atoms with van der Waals surface area (Å²) in [4.78, 5) is 19.6. The number of anilines is 1. The summed E-state index contributed by atoms with van der Waals surface area (Å²) in [5, 5.41) is 6.03. The molecule has 2 N–H and O–H groups in total. The topological polar surface area (TPSA) is 66.9 Å². The van der Waals surface area contributed by atoms with Crippen molar-refractivity contribution in [3.8, 4) is 0 Å². The lowest BCUT2D eigenvalue weighted by Crippen LogP contribution is -2.48. The Morgan fingerprint density at radius 3 is 3.12 bits per heavy atom. The van der Waals surface area contributed by atoms with Gasteiger partial charge >= 0.3 is 0 Å². The second-order valence-electron chi connectivity index (χ2n) is 4.03. The summed E-state index contributed by atoms with van der Waals surface area (Å²) in [6.07, 6.45) is 3.35. The molecule has 2 rings (SSSR count). The number of hydrogen-bond acceptors (Lipinski definition) is 4. The smallest absolute Gasteiger partial charge is 0.245 e. The molecule has 1 unspecified atom stereocenters. The van der Waals surface area contributed by atoms with Crippen LogP contribution in [0.5, 0.6) is 0 Å². The highest BCUT2D eigenvalue weighted by atomic mass is 35.5. The highest BCUT2D eigenvalue weighted by molar-refractivity contribution is 6.28. The fourth-order valence-corrected chi connectivity index (χ4v) is 1.89. The van der Waals surface area contributed by atoms with E-state index < -0.39 is 5.54 Å². The summed E-state index contributed by atoms with van der Waals surface area (Å²) < 4.78 is 0. The Morgan fingerprint density at radius 2 is 2.50 bits per heavy atom. The lowest BCUT2D eigenvalue weighted by atomic mass is 9.99. The van der Waals surface area contributed by atoms with Crippen molar-refractivity contribution in [1.29, 1.82) is 0 Å². The zero-order valence-electron chi connectivity index (χ0n) is 8.96. The molecule has 86 valence electrons. The molecule has 1 amide bonds. The van der Waals surface area contributed by atoms with Crippen molar-refractivity contribution >= 4 is 23.3 Å². The van der Waals surface area contributed by atoms with Crippen molar-refractivity contribution in [2.45, 2.75) is 25.3 Å². The van der Waals surface area contributed by atoms with E-state index in [2.05, 4.69) is 20.6 Å². The summed E-state index contributed by atoms with van der Waals surface area (Å²) in [6, 6.07) is 1.61. The van der Waals surface area contributed by atoms with Gasteiger partial charge in [0.15, 0.2) is 0 Å². The Labute approximate surface area is 98.6 Å². The van der Waals surface area contributed by atoms with Crippen LogP contribution in [0.2, 0.25) is 5.28 Å². The molecule has 5 nitrogen and oxygen atoms in total. The number of rotatable bonds is 2. The third-order valence-corrected chi connectivity index (χ3v) is 2.92. The number of hydrogen-bond donors (Lipinski definition) is 2. The van der Waals surface area contributed by atoms with Crippen LogP contribution in [0.3, 0.4) is 0 Å². The fraction of sp³-hybridized carbons (Fsp3) is 0.500. The Hall–Kier alpha value is -1.20. The first-order valence-corrected chi connectivity index (χ1v) is 5.53. The van der Waals surface area contributed by atoms with Crippen molar-refractivity contribution in [3.63, 3.8) is 0 Å². The number of carbonyl (C=O) groups excluding carboxylic acids is 1. The average Bonchev–Trinajstić information content (AvgIpc) is 2.66. The summed E-state index contributed by atoms with van der Waals surface area (Å²) in [5.41, 5.74) is -0.503. The fourth-order valence-electron chi connectivity index (χ4n) is 1.75. The third-order valence-electron chi connectivity index (χ3n) is 2.74. The van der Waals surface area contributed by atoms with Gasteiger partial charge in [0.05, 0.1) is 5.54 Å². The third kappa shape index (κ3) is 2.31. The van der Waals surface area contributed by atoms with Gasteiger partial charge < -0.3 is 10.6 Å². The molecule has 0 aliphatic carbocycles. The van der Waals surface area contributed by atoms with E-state index in [0.29, 0.717) is 5.82 Å². The molecule has 1 aliphatic rings. The molecule has 1 aromatic rings. The van der Waals surface area contributed by atoms with Gasteiger partial charge in [-0.15, -0.1) is 0 Å². The van der Waals surface area contributed by atoms with Crippen molar-refractivity contribution in [3.05, 3.63) is 17.5 Å². The van der Waals surface area contributed by atoms with E-state index in [-0.39, 0.29) is 11.2 Å². The van der Waals surface area contributed by atoms with Crippen LogP contribution in [0.1, 0.15) is 19.8 Å². The number of halogens is 1. The Bertz CT molecular complexity index is 404. The maximum atomic E-state index is 12.0. The molecule has 0 aromatic carbocycles. The van der Waals surface area contributed by atoms with Gasteiger partial charge in [0.1, 0.15) is 5.82 Å². The minimum absolute atomic E-state index is 0.0835. The van der Waals surface area contributed by atoms with E-state index in [1.807, 2.05) is 6.92 Å². The van der Waals surface area contributed by atoms with Gasteiger partial charge in [-0.3, -0.25) is 4.79 Å². The van der Waals surface area contributed by atoms with Crippen LogP contribution in [0.15, 0.2) is 12.3 Å². The quantitative estimate of drug-likeness (QED) is 0.763. The standard InChI is InChI=1S/C10H13ClN4O/c1-10(4-2-5-13-10)8(16)14-7-3-6-12-9(11)15-7/h3,6,13H,2,4-5H2,1H3,(H,12,14,15,16). The highest BCUT2D eigenvalue weighted by Gasteiger charge is 2.35. The Morgan fingerprint density at radius 1 is 1.69 bits per heavy atom. The van der Waals surface area contributed by atoms with Crippen LogP contribution in [-0.4, -0.2) is 28.0 Å². The second kappa shape index (κ2) is 4.35. The first-order valence-electron chi connectivity index (χ1n) is 5.15. The average molecular weight is 241 g/mol. The lowest BCUT2D eigenvalue weighted by Gasteiger charge is -2.22. The normalized spacial score (nSPS) is 24.4. The second-order valence-corrected chi connectivity index (χ2v) is 4.37. The SMILES string of the molecule is CC1(C(=O)Nc2ccnc(Cl)n2)CCCN1. The van der Waals surface area contributed by atoms with Gasteiger partial charge in [0, 0.05) is 6.20 Å². The van der Waals surface area contributed by atoms with Crippen LogP contribution >= 0.6 is 11.6 Å². The van der Waals surface area contributed by atoms with E-state index in [4.69, 9.17) is 11.6 Å². The van der Waals surface area contributed by atoms with E-state index in [0.717, 1.165) is 19.4 Å². The molecule has 1 aromatic heterocycles. The molecule has 0 saturated carbocycles. The Balaban J connectivity index is 2.07. The first-order chi connectivity index (χ1) is 7.60. The molecular weight excluding hydrogens is 228 g/mol. The van der Waals surface area contributed by atoms with Crippen LogP contribution < -0.4 is 10.6 Å². The van der Waals surface area contributed by atoms with Crippen molar-refractivity contribution in [2.24, 2.45) is 0 Å². The van der Waals surface area contributed by atoms with E-state index >= 15 is 0 Å². The van der Waals surface area contributed by atoms with Crippen LogP contribution in [0, 0.1) is 0 Å². The Kier molecular flexibility index (Phi) is 3.07. The van der Waals surface area contributed by atoms with Gasteiger partial charge in [-0.2, -0.15) is 0 Å². The molecule has 6 heteroatoms. The summed E-state index contributed by atoms with van der Waals surface area (Å²) >= 11 is 5.63. The number of aromatic nitrogens is 2. The largest absolute Gasteiger partial charge is 0.309 e. The highest BCUT2D eigenvalue weighted by Crippen LogP contribution is 2.20. The van der Waals surface area contributed by atoms with Crippen molar-refractivity contribution in [1.82, 2.24) is 15.3 Å². The molecule has 16 heavy (non-hydrogen) atoms. The molecule has 0 bridgehead atoms. The van der Waals surface area contributed by atoms with Crippen LogP contribution in [0.4, 0.5) is 5.82 Å². The van der Waals surface area contributed by atoms with Crippen LogP contribution in [0.25, 0.3) is 0 Å². The van der Waals surface area contributed by atoms with Crippen LogP contribution in [-0.2, 0) is 4.79 Å². The van der Waals surface area contributed by atoms with Crippen molar-refractivity contribution in [2.75, 3.05) is 11.9 Å². The first kappa shape index (κ1) is 11.3. The van der Waals surface area contributed by atoms with E-state index in [9.17, 15) is 4.79 Å². The molecule has 0 spiro atoms. The van der Waals surface area contributed by atoms with E-state index in [1.165, 1.54) is 6.20 Å². The molecule has 1 aliphatic heterocycles. The molecule has 0 radical (unpaired) electrons. The number of nitrogens with one attached hydrogen (secondary N) is 2. The van der Waals surface area contributed by atoms with Gasteiger partial charge in [0.2, 0.25) is 11.2 Å². The zero-order chi connectivity index (χ0) is 11.6. The van der Waals surface area contributed by atoms with E-state index in [1.54, 1.807) is 6.07 Å². The molecule has 1 saturated heterocycles. The minimum Gasteiger partial charge on any atom is -0.309 e. The minimum atomic E-state index is -0.503. The lowest BCUT2D eigenvalue weighted by molar-refractivity contribution is -0.121. The predicted molar refractivity (Wildman–Crippen MR) is 61.3 cm³/mol. The number of amides is 1. The summed E-state index contributed by atoms with van der Waals surface area (Å²) in [7, 11) is 0. The van der Waals surface area contributed by atoms with Gasteiger partial charge in [-0.05, 0) is 44.0 Å². The summed E-state index contributed by atoms with van der Waals surface area (Å²) in [5.74, 6) is 0.347. The molecule has 1 atom stereocenters. The molecule has 1 fully saturated rings. The number of nitrogens with zero attached hydrogens (tertiary/aromatic N) is 2. The van der Waals surface area contributed by atoms with Gasteiger partial charge in [0.25, 0.3) is 0 Å². The zero-order valence-corrected chi connectivity index (χ0v) is 9.71. The number of carbonyl (C=O) groups is 1. The van der Waals surface area contributed by atoms with Gasteiger partial charge in [-0.25, -0.2) is 9.97 Å². The van der Waals surface area contributed by atoms with Gasteiger partial charge in [-0.1, -0.05) is 0 Å². The van der Waals surface area contributed by atoms with Crippen molar-refractivity contribution < 1.29 is 4.79 Å². The molecular formula is C10H13ClN4O. The predicted octanol–water partition coefficient (Wildman–Crippen LogP) is 1.21.